The fourth-order valence-electron chi connectivity index (χ4n) is 3.03. The molecule has 0 bridgehead atoms. The van der Waals surface area contributed by atoms with Crippen LogP contribution in [0.5, 0.6) is 23.0 Å². The van der Waals surface area contributed by atoms with Crippen molar-refractivity contribution in [1.29, 1.82) is 0 Å². The summed E-state index contributed by atoms with van der Waals surface area (Å²) in [5, 5.41) is 10.1. The topological polar surface area (TPSA) is 87.1 Å². The van der Waals surface area contributed by atoms with Crippen LogP contribution in [0.15, 0.2) is 36.4 Å². The maximum absolute atomic E-state index is 12.0. The Hall–Kier alpha value is -3.48. The number of hydrogen-bond acceptors (Lipinski definition) is 6. The van der Waals surface area contributed by atoms with Crippen LogP contribution in [0.25, 0.3) is 22.2 Å². The zero-order valence-electron chi connectivity index (χ0n) is 15.4. The number of aromatic carboxylic acids is 1. The Balaban J connectivity index is 2.43. The zero-order chi connectivity index (χ0) is 19.6. The molecular weight excluding hydrogens is 350 g/mol. The Morgan fingerprint density at radius 2 is 1.56 bits per heavy atom. The summed E-state index contributed by atoms with van der Waals surface area (Å²) in [4.78, 5) is 16.6. The largest absolute Gasteiger partial charge is 0.496 e. The average molecular weight is 369 g/mol. The van der Waals surface area contributed by atoms with Crippen molar-refractivity contribution in [3.63, 3.8) is 0 Å². The van der Waals surface area contributed by atoms with Crippen LogP contribution in [0.3, 0.4) is 0 Å². The molecule has 0 spiro atoms. The van der Waals surface area contributed by atoms with Gasteiger partial charge in [0, 0.05) is 11.6 Å². The summed E-state index contributed by atoms with van der Waals surface area (Å²) in [5.74, 6) is 0.435. The number of aromatic nitrogens is 1. The fraction of sp³-hybridized carbons (Fsp3) is 0.200. The van der Waals surface area contributed by atoms with Gasteiger partial charge in [0.05, 0.1) is 50.6 Å². The number of hydrogen-bond donors (Lipinski definition) is 1. The highest BCUT2D eigenvalue weighted by molar-refractivity contribution is 6.08. The van der Waals surface area contributed by atoms with E-state index in [4.69, 9.17) is 18.9 Å². The van der Waals surface area contributed by atoms with E-state index in [0.29, 0.717) is 39.4 Å². The van der Waals surface area contributed by atoms with Gasteiger partial charge in [-0.2, -0.15) is 0 Å². The molecule has 3 aromatic rings. The van der Waals surface area contributed by atoms with Crippen molar-refractivity contribution in [3.05, 3.63) is 42.0 Å². The molecule has 0 unspecified atom stereocenters. The van der Waals surface area contributed by atoms with Gasteiger partial charge in [-0.3, -0.25) is 0 Å². The summed E-state index contributed by atoms with van der Waals surface area (Å²) < 4.78 is 21.5. The second kappa shape index (κ2) is 7.41. The number of nitrogens with zero attached hydrogens (tertiary/aromatic N) is 1. The van der Waals surface area contributed by atoms with Crippen LogP contribution in [0.2, 0.25) is 0 Å². The van der Waals surface area contributed by atoms with Gasteiger partial charge in [0.25, 0.3) is 0 Å². The van der Waals surface area contributed by atoms with Gasteiger partial charge < -0.3 is 24.1 Å². The molecule has 0 aliphatic heterocycles. The van der Waals surface area contributed by atoms with Gasteiger partial charge in [0.1, 0.15) is 5.75 Å². The molecule has 140 valence electrons. The Morgan fingerprint density at radius 3 is 2.15 bits per heavy atom. The van der Waals surface area contributed by atoms with Crippen LogP contribution < -0.4 is 18.9 Å². The Bertz CT molecular complexity index is 1020. The highest BCUT2D eigenvalue weighted by Crippen LogP contribution is 2.45. The molecule has 0 aliphatic rings. The van der Waals surface area contributed by atoms with E-state index in [2.05, 4.69) is 4.98 Å². The minimum atomic E-state index is -1.11. The molecule has 0 saturated carbocycles. The average Bonchev–Trinajstić information content (AvgIpc) is 2.70. The number of carboxylic acid groups (broad SMARTS) is 1. The van der Waals surface area contributed by atoms with Crippen LogP contribution >= 0.6 is 0 Å². The predicted molar refractivity (Wildman–Crippen MR) is 100 cm³/mol. The predicted octanol–water partition coefficient (Wildman–Crippen LogP) is 3.63. The van der Waals surface area contributed by atoms with E-state index in [1.165, 1.54) is 27.4 Å². The van der Waals surface area contributed by atoms with E-state index in [0.717, 1.165) is 0 Å². The first-order valence-electron chi connectivity index (χ1n) is 8.06. The van der Waals surface area contributed by atoms with E-state index in [1.807, 2.05) is 18.2 Å². The SMILES string of the molecule is COc1ccccc1-c1cc(C(=O)O)c2c(OC)c(OC)c(OC)cc2n1. The van der Waals surface area contributed by atoms with Gasteiger partial charge in [0.2, 0.25) is 5.75 Å². The van der Waals surface area contributed by atoms with Crippen molar-refractivity contribution in [2.75, 3.05) is 28.4 Å². The summed E-state index contributed by atoms with van der Waals surface area (Å²) in [6, 6.07) is 10.4. The van der Waals surface area contributed by atoms with Gasteiger partial charge >= 0.3 is 5.97 Å². The van der Waals surface area contributed by atoms with E-state index in [1.54, 1.807) is 19.2 Å². The number of para-hydroxylation sites is 1. The van der Waals surface area contributed by atoms with Crippen LogP contribution in [-0.4, -0.2) is 44.5 Å². The summed E-state index contributed by atoms with van der Waals surface area (Å²) >= 11 is 0. The third-order valence-corrected chi connectivity index (χ3v) is 4.21. The second-order valence-corrected chi connectivity index (χ2v) is 5.60. The van der Waals surface area contributed by atoms with Gasteiger partial charge in [-0.25, -0.2) is 9.78 Å². The smallest absolute Gasteiger partial charge is 0.336 e. The Kier molecular flexibility index (Phi) is 5.03. The molecule has 3 rings (SSSR count). The van der Waals surface area contributed by atoms with Crippen molar-refractivity contribution in [2.24, 2.45) is 0 Å². The van der Waals surface area contributed by atoms with Crippen molar-refractivity contribution in [2.45, 2.75) is 0 Å². The lowest BCUT2D eigenvalue weighted by atomic mass is 10.0. The van der Waals surface area contributed by atoms with Crippen molar-refractivity contribution in [3.8, 4) is 34.3 Å². The van der Waals surface area contributed by atoms with Crippen LogP contribution in [0.4, 0.5) is 0 Å². The lowest BCUT2D eigenvalue weighted by molar-refractivity contribution is 0.0698. The molecule has 2 aromatic carbocycles. The number of rotatable bonds is 6. The Morgan fingerprint density at radius 1 is 0.889 bits per heavy atom. The zero-order valence-corrected chi connectivity index (χ0v) is 15.4. The van der Waals surface area contributed by atoms with Gasteiger partial charge in [0.15, 0.2) is 11.5 Å². The molecule has 0 aliphatic carbocycles. The molecule has 0 atom stereocenters. The lowest BCUT2D eigenvalue weighted by Crippen LogP contribution is -2.04. The molecule has 1 heterocycles. The number of methoxy groups -OCH3 is 4. The van der Waals surface area contributed by atoms with Crippen LogP contribution in [0, 0.1) is 0 Å². The van der Waals surface area contributed by atoms with E-state index >= 15 is 0 Å². The number of ether oxygens (including phenoxy) is 4. The molecule has 0 amide bonds. The van der Waals surface area contributed by atoms with Crippen molar-refractivity contribution in [1.82, 2.24) is 4.98 Å². The molecule has 0 radical (unpaired) electrons. The van der Waals surface area contributed by atoms with Crippen molar-refractivity contribution < 1.29 is 28.8 Å². The molecule has 0 saturated heterocycles. The van der Waals surface area contributed by atoms with Gasteiger partial charge in [-0.05, 0) is 18.2 Å². The van der Waals surface area contributed by atoms with E-state index in [-0.39, 0.29) is 11.3 Å². The summed E-state index contributed by atoms with van der Waals surface area (Å²) in [6.45, 7) is 0. The summed E-state index contributed by atoms with van der Waals surface area (Å²) in [7, 11) is 5.94. The molecule has 1 aromatic heterocycles. The standard InChI is InChI=1S/C20H19NO6/c1-24-15-8-6-5-7-11(15)13-9-12(20(22)23)17-14(21-13)10-16(25-2)18(26-3)19(17)27-4/h5-10H,1-4H3,(H,22,23). The van der Waals surface area contributed by atoms with Crippen LogP contribution in [0.1, 0.15) is 10.4 Å². The quantitative estimate of drug-likeness (QED) is 0.710. The summed E-state index contributed by atoms with van der Waals surface area (Å²) in [5.41, 5.74) is 1.59. The third kappa shape index (κ3) is 3.08. The first kappa shape index (κ1) is 18.3. The van der Waals surface area contributed by atoms with Crippen molar-refractivity contribution >= 4 is 16.9 Å². The highest BCUT2D eigenvalue weighted by Gasteiger charge is 2.23. The summed E-state index contributed by atoms with van der Waals surface area (Å²) in [6.07, 6.45) is 0. The second-order valence-electron chi connectivity index (χ2n) is 5.60. The maximum Gasteiger partial charge on any atom is 0.336 e. The lowest BCUT2D eigenvalue weighted by Gasteiger charge is -2.17. The number of pyridine rings is 1. The Labute approximate surface area is 156 Å². The van der Waals surface area contributed by atoms with Gasteiger partial charge in [-0.1, -0.05) is 12.1 Å². The number of fused-ring (bicyclic) bond motifs is 1. The highest BCUT2D eigenvalue weighted by atomic mass is 16.5. The molecule has 0 fully saturated rings. The minimum Gasteiger partial charge on any atom is -0.496 e. The van der Waals surface area contributed by atoms with E-state index < -0.39 is 5.97 Å². The monoisotopic (exact) mass is 369 g/mol. The fourth-order valence-corrected chi connectivity index (χ4v) is 3.03. The minimum absolute atomic E-state index is 0.0405. The number of carboxylic acids is 1. The molecule has 27 heavy (non-hydrogen) atoms. The maximum atomic E-state index is 12.0. The number of carbonyl (C=O) groups is 1. The molecule has 1 N–H and O–H groups in total. The molecule has 7 heteroatoms. The normalized spacial score (nSPS) is 10.5. The third-order valence-electron chi connectivity index (χ3n) is 4.21. The first-order chi connectivity index (χ1) is 13.0. The number of benzene rings is 2. The van der Waals surface area contributed by atoms with Gasteiger partial charge in [-0.15, -0.1) is 0 Å². The molecule has 7 nitrogen and oxygen atoms in total. The van der Waals surface area contributed by atoms with E-state index in [9.17, 15) is 9.90 Å². The van der Waals surface area contributed by atoms with Crippen LogP contribution in [-0.2, 0) is 0 Å². The molecular formula is C20H19NO6. The first-order valence-corrected chi connectivity index (χ1v) is 8.06.